The van der Waals surface area contributed by atoms with Crippen molar-refractivity contribution in [3.63, 3.8) is 0 Å². The van der Waals surface area contributed by atoms with Crippen LogP contribution in [0.5, 0.6) is 11.5 Å². The highest BCUT2D eigenvalue weighted by molar-refractivity contribution is 6.30. The molecule has 0 saturated carbocycles. The maximum Gasteiger partial charge on any atom is 0.270 e. The van der Waals surface area contributed by atoms with Crippen molar-refractivity contribution < 1.29 is 9.53 Å². The minimum absolute atomic E-state index is 0.152. The number of carbonyl (C=O) groups is 1. The Labute approximate surface area is 173 Å². The number of aromatic nitrogens is 2. The highest BCUT2D eigenvalue weighted by Crippen LogP contribution is 2.23. The molecule has 0 aliphatic rings. The third-order valence-corrected chi connectivity index (χ3v) is 4.85. The number of benzene rings is 2. The van der Waals surface area contributed by atoms with Crippen LogP contribution in [0, 0.1) is 13.8 Å². The van der Waals surface area contributed by atoms with Crippen molar-refractivity contribution in [3.05, 3.63) is 94.4 Å². The number of aryl methyl sites for hydroxylation is 2. The van der Waals surface area contributed by atoms with Crippen LogP contribution in [0.4, 0.5) is 0 Å². The Balaban J connectivity index is 1.42. The number of pyridine rings is 1. The van der Waals surface area contributed by atoms with Crippen molar-refractivity contribution in [2.45, 2.75) is 20.4 Å². The molecule has 29 heavy (non-hydrogen) atoms. The number of carbonyl (C=O) groups excluding carboxylic acids is 1. The van der Waals surface area contributed by atoms with E-state index in [0.717, 1.165) is 22.5 Å². The Kier molecular flexibility index (Phi) is 5.23. The van der Waals surface area contributed by atoms with Crippen molar-refractivity contribution in [1.29, 1.82) is 0 Å². The predicted octanol–water partition coefficient (Wildman–Crippen LogP) is 5.33. The molecule has 2 aromatic carbocycles. The van der Waals surface area contributed by atoms with Crippen molar-refractivity contribution in [3.8, 4) is 11.5 Å². The summed E-state index contributed by atoms with van der Waals surface area (Å²) in [7, 11) is 0. The fraction of sp³-hybridized carbons (Fsp3) is 0.130. The van der Waals surface area contributed by atoms with E-state index in [2.05, 4.69) is 10.3 Å². The molecule has 0 aliphatic carbocycles. The van der Waals surface area contributed by atoms with Crippen LogP contribution in [-0.4, -0.2) is 15.3 Å². The molecule has 6 heteroatoms. The summed E-state index contributed by atoms with van der Waals surface area (Å²) in [6, 6.07) is 18.7. The van der Waals surface area contributed by atoms with Gasteiger partial charge in [0.1, 0.15) is 22.8 Å². The summed E-state index contributed by atoms with van der Waals surface area (Å²) in [6.07, 6.45) is 1.88. The summed E-state index contributed by atoms with van der Waals surface area (Å²) in [5.41, 5.74) is 4.12. The molecular weight excluding hydrogens is 386 g/mol. The number of amides is 1. The average Bonchev–Trinajstić information content (AvgIpc) is 3.03. The lowest BCUT2D eigenvalue weighted by atomic mass is 10.2. The number of halogens is 1. The van der Waals surface area contributed by atoms with Gasteiger partial charge in [0, 0.05) is 17.8 Å². The van der Waals surface area contributed by atoms with Crippen LogP contribution in [0.3, 0.4) is 0 Å². The van der Waals surface area contributed by atoms with Gasteiger partial charge in [0.15, 0.2) is 0 Å². The molecule has 2 heterocycles. The Hall–Kier alpha value is -3.31. The number of nitrogens with one attached hydrogen (secondary N) is 1. The van der Waals surface area contributed by atoms with Crippen LogP contribution in [0.2, 0.25) is 5.02 Å². The molecule has 0 radical (unpaired) electrons. The zero-order valence-electron chi connectivity index (χ0n) is 16.1. The SMILES string of the molecule is Cc1ccn2c(C(=O)NCc3ccc(Oc4ccc(Cl)cc4)cc3)c(C)nc2c1. The van der Waals surface area contributed by atoms with Crippen molar-refractivity contribution in [2.75, 3.05) is 0 Å². The first-order valence-electron chi connectivity index (χ1n) is 9.25. The average molecular weight is 406 g/mol. The van der Waals surface area contributed by atoms with E-state index in [0.29, 0.717) is 28.7 Å². The Morgan fingerprint density at radius 3 is 2.38 bits per heavy atom. The van der Waals surface area contributed by atoms with Crippen molar-refractivity contribution in [1.82, 2.24) is 14.7 Å². The fourth-order valence-electron chi connectivity index (χ4n) is 3.12. The predicted molar refractivity (Wildman–Crippen MR) is 114 cm³/mol. The zero-order chi connectivity index (χ0) is 20.4. The smallest absolute Gasteiger partial charge is 0.270 e. The summed E-state index contributed by atoms with van der Waals surface area (Å²) in [5.74, 6) is 1.28. The molecule has 4 rings (SSSR count). The van der Waals surface area contributed by atoms with Gasteiger partial charge in [-0.25, -0.2) is 4.98 Å². The molecule has 146 valence electrons. The summed E-state index contributed by atoms with van der Waals surface area (Å²) < 4.78 is 7.61. The normalized spacial score (nSPS) is 10.9. The summed E-state index contributed by atoms with van der Waals surface area (Å²) in [4.78, 5) is 17.2. The molecule has 2 aromatic heterocycles. The maximum absolute atomic E-state index is 12.7. The third kappa shape index (κ3) is 4.25. The van der Waals surface area contributed by atoms with Crippen LogP contribution in [0.1, 0.15) is 27.3 Å². The van der Waals surface area contributed by atoms with Crippen LogP contribution in [0.25, 0.3) is 5.65 Å². The number of hydrogen-bond donors (Lipinski definition) is 1. The van der Waals surface area contributed by atoms with Crippen molar-refractivity contribution in [2.24, 2.45) is 0 Å². The second-order valence-electron chi connectivity index (χ2n) is 6.86. The summed E-state index contributed by atoms with van der Waals surface area (Å²) in [5, 5.41) is 3.64. The molecule has 0 saturated heterocycles. The van der Waals surface area contributed by atoms with E-state index in [-0.39, 0.29) is 5.91 Å². The van der Waals surface area contributed by atoms with Crippen LogP contribution in [0.15, 0.2) is 66.9 Å². The highest BCUT2D eigenvalue weighted by Gasteiger charge is 2.16. The molecule has 0 aliphatic heterocycles. The maximum atomic E-state index is 12.7. The van der Waals surface area contributed by atoms with Crippen LogP contribution in [-0.2, 0) is 6.54 Å². The van der Waals surface area contributed by atoms with Gasteiger partial charge >= 0.3 is 0 Å². The molecule has 0 spiro atoms. The molecule has 0 atom stereocenters. The van der Waals surface area contributed by atoms with Crippen LogP contribution >= 0.6 is 11.6 Å². The first-order chi connectivity index (χ1) is 14.0. The Bertz CT molecular complexity index is 1170. The lowest BCUT2D eigenvalue weighted by Gasteiger charge is -2.09. The molecule has 5 nitrogen and oxygen atoms in total. The van der Waals surface area contributed by atoms with Gasteiger partial charge in [0.2, 0.25) is 0 Å². The van der Waals surface area contributed by atoms with Gasteiger partial charge in [-0.1, -0.05) is 23.7 Å². The lowest BCUT2D eigenvalue weighted by Crippen LogP contribution is -2.24. The minimum Gasteiger partial charge on any atom is -0.457 e. The number of hydrogen-bond acceptors (Lipinski definition) is 3. The number of ether oxygens (including phenoxy) is 1. The van der Waals surface area contributed by atoms with Gasteiger partial charge in [-0.3, -0.25) is 9.20 Å². The quantitative estimate of drug-likeness (QED) is 0.488. The second kappa shape index (κ2) is 7.97. The molecule has 0 fully saturated rings. The van der Waals surface area contributed by atoms with E-state index in [4.69, 9.17) is 16.3 Å². The highest BCUT2D eigenvalue weighted by atomic mass is 35.5. The van der Waals surface area contributed by atoms with Gasteiger partial charge < -0.3 is 10.1 Å². The molecule has 1 N–H and O–H groups in total. The summed E-state index contributed by atoms with van der Waals surface area (Å²) >= 11 is 5.89. The monoisotopic (exact) mass is 405 g/mol. The molecule has 0 unspecified atom stereocenters. The van der Waals surface area contributed by atoms with E-state index in [1.807, 2.05) is 73.0 Å². The van der Waals surface area contributed by atoms with Gasteiger partial charge in [0.25, 0.3) is 5.91 Å². The zero-order valence-corrected chi connectivity index (χ0v) is 16.9. The number of nitrogens with zero attached hydrogens (tertiary/aromatic N) is 2. The first-order valence-corrected chi connectivity index (χ1v) is 9.63. The standard InChI is InChI=1S/C23H20ClN3O2/c1-15-11-12-27-21(13-15)26-16(2)22(27)23(28)25-14-17-3-7-19(8-4-17)29-20-9-5-18(24)6-10-20/h3-13H,14H2,1-2H3,(H,25,28). The van der Waals surface area contributed by atoms with Crippen molar-refractivity contribution >= 4 is 23.2 Å². The van der Waals surface area contributed by atoms with E-state index < -0.39 is 0 Å². The van der Waals surface area contributed by atoms with E-state index in [1.165, 1.54) is 0 Å². The minimum atomic E-state index is -0.152. The first kappa shape index (κ1) is 19.0. The third-order valence-electron chi connectivity index (χ3n) is 4.60. The molecular formula is C23H20ClN3O2. The Morgan fingerprint density at radius 2 is 1.69 bits per heavy atom. The summed E-state index contributed by atoms with van der Waals surface area (Å²) in [6.45, 7) is 4.27. The second-order valence-corrected chi connectivity index (χ2v) is 7.30. The largest absolute Gasteiger partial charge is 0.457 e. The van der Waals surface area contributed by atoms with Gasteiger partial charge in [-0.15, -0.1) is 0 Å². The molecule has 1 amide bonds. The van der Waals surface area contributed by atoms with Crippen LogP contribution < -0.4 is 10.1 Å². The van der Waals surface area contributed by atoms with E-state index in [9.17, 15) is 4.79 Å². The molecule has 4 aromatic rings. The van der Waals surface area contributed by atoms with Gasteiger partial charge in [0.05, 0.1) is 5.69 Å². The fourth-order valence-corrected chi connectivity index (χ4v) is 3.24. The number of imidazole rings is 1. The Morgan fingerprint density at radius 1 is 1.03 bits per heavy atom. The van der Waals surface area contributed by atoms with E-state index in [1.54, 1.807) is 12.1 Å². The van der Waals surface area contributed by atoms with Gasteiger partial charge in [-0.05, 0) is 73.5 Å². The number of rotatable bonds is 5. The number of fused-ring (bicyclic) bond motifs is 1. The van der Waals surface area contributed by atoms with Gasteiger partial charge in [-0.2, -0.15) is 0 Å². The molecule has 0 bridgehead atoms. The van der Waals surface area contributed by atoms with E-state index >= 15 is 0 Å². The lowest BCUT2D eigenvalue weighted by molar-refractivity contribution is 0.0944. The topological polar surface area (TPSA) is 55.6 Å².